The number of halogens is 1. The number of thiazole rings is 1. The molecule has 0 radical (unpaired) electrons. The van der Waals surface area contributed by atoms with Crippen molar-refractivity contribution in [3.8, 4) is 11.5 Å². The Kier molecular flexibility index (Phi) is 5.50. The Balaban J connectivity index is 1.49. The van der Waals surface area contributed by atoms with Crippen molar-refractivity contribution >= 4 is 34.0 Å². The summed E-state index contributed by atoms with van der Waals surface area (Å²) in [5.41, 5.74) is 5.33. The summed E-state index contributed by atoms with van der Waals surface area (Å²) < 4.78 is 7.67. The molecular formula is C20H18ClN3O2S. The number of para-hydroxylation sites is 2. The second kappa shape index (κ2) is 8.19. The summed E-state index contributed by atoms with van der Waals surface area (Å²) in [6.45, 7) is 0.935. The van der Waals surface area contributed by atoms with Gasteiger partial charge in [0.2, 0.25) is 0 Å². The van der Waals surface area contributed by atoms with Gasteiger partial charge in [0.05, 0.1) is 42.4 Å². The van der Waals surface area contributed by atoms with E-state index in [0.29, 0.717) is 18.2 Å². The van der Waals surface area contributed by atoms with Crippen LogP contribution in [-0.2, 0) is 17.9 Å². The Hall–Kier alpha value is -2.25. The van der Waals surface area contributed by atoms with Gasteiger partial charge in [0, 0.05) is 10.4 Å². The Bertz CT molecular complexity index is 1030. The summed E-state index contributed by atoms with van der Waals surface area (Å²) in [7, 11) is 0. The van der Waals surface area contributed by atoms with Gasteiger partial charge in [-0.2, -0.15) is 0 Å². The van der Waals surface area contributed by atoms with Crippen molar-refractivity contribution in [1.82, 2.24) is 14.5 Å². The molecule has 2 aromatic heterocycles. The van der Waals surface area contributed by atoms with Crippen LogP contribution in [0.5, 0.6) is 0 Å². The molecule has 0 fully saturated rings. The maximum atomic E-state index is 10.5. The van der Waals surface area contributed by atoms with E-state index in [1.165, 1.54) is 11.3 Å². The van der Waals surface area contributed by atoms with Gasteiger partial charge < -0.3 is 14.4 Å². The average Bonchev–Trinajstić information content (AvgIpc) is 3.32. The number of aliphatic hydroxyl groups is 1. The summed E-state index contributed by atoms with van der Waals surface area (Å²) in [4.78, 5) is 9.05. The largest absolute Gasteiger partial charge is 0.389 e. The SMILES string of the molecule is O[C@@H](COCc1ccccc1Cl)Cn1c(-c2cscn2)nc2ccccc21. The molecule has 0 bridgehead atoms. The number of imidazole rings is 1. The van der Waals surface area contributed by atoms with Gasteiger partial charge in [-0.3, -0.25) is 0 Å². The van der Waals surface area contributed by atoms with Crippen LogP contribution in [0.4, 0.5) is 0 Å². The topological polar surface area (TPSA) is 60.2 Å². The summed E-state index contributed by atoms with van der Waals surface area (Å²) in [5, 5.41) is 13.1. The second-order valence-electron chi connectivity index (χ2n) is 6.17. The van der Waals surface area contributed by atoms with Crippen LogP contribution in [0.15, 0.2) is 59.4 Å². The maximum Gasteiger partial charge on any atom is 0.160 e. The molecule has 2 heterocycles. The molecule has 0 unspecified atom stereocenters. The molecule has 1 N–H and O–H groups in total. The van der Waals surface area contributed by atoms with E-state index in [0.717, 1.165) is 28.1 Å². The van der Waals surface area contributed by atoms with Crippen molar-refractivity contribution in [2.75, 3.05) is 6.61 Å². The fraction of sp³-hybridized carbons (Fsp3) is 0.200. The highest BCUT2D eigenvalue weighted by molar-refractivity contribution is 7.07. The van der Waals surface area contributed by atoms with Gasteiger partial charge in [-0.15, -0.1) is 11.3 Å². The summed E-state index contributed by atoms with van der Waals surface area (Å²) in [6, 6.07) is 15.4. The molecule has 4 rings (SSSR count). The van der Waals surface area contributed by atoms with Crippen LogP contribution in [0, 0.1) is 0 Å². The smallest absolute Gasteiger partial charge is 0.160 e. The second-order valence-corrected chi connectivity index (χ2v) is 7.29. The molecule has 0 aliphatic rings. The van der Waals surface area contributed by atoms with Crippen molar-refractivity contribution in [2.45, 2.75) is 19.3 Å². The molecule has 4 aromatic rings. The Morgan fingerprint density at radius 3 is 2.78 bits per heavy atom. The zero-order valence-corrected chi connectivity index (χ0v) is 16.0. The lowest BCUT2D eigenvalue weighted by Crippen LogP contribution is -2.22. The molecule has 0 amide bonds. The van der Waals surface area contributed by atoms with Gasteiger partial charge in [-0.1, -0.05) is 41.9 Å². The number of nitrogens with zero attached hydrogens (tertiary/aromatic N) is 3. The Morgan fingerprint density at radius 2 is 1.96 bits per heavy atom. The van der Waals surface area contributed by atoms with Crippen molar-refractivity contribution in [3.63, 3.8) is 0 Å². The highest BCUT2D eigenvalue weighted by atomic mass is 35.5. The average molecular weight is 400 g/mol. The molecule has 0 saturated carbocycles. The van der Waals surface area contributed by atoms with Crippen LogP contribution in [0.3, 0.4) is 0 Å². The highest BCUT2D eigenvalue weighted by Gasteiger charge is 2.17. The first-order valence-corrected chi connectivity index (χ1v) is 9.87. The van der Waals surface area contributed by atoms with Gasteiger partial charge in [-0.05, 0) is 23.8 Å². The van der Waals surface area contributed by atoms with Crippen LogP contribution in [-0.4, -0.2) is 32.4 Å². The molecule has 27 heavy (non-hydrogen) atoms. The number of hydrogen-bond donors (Lipinski definition) is 1. The molecule has 2 aromatic carbocycles. The van der Waals surface area contributed by atoms with Crippen molar-refractivity contribution in [1.29, 1.82) is 0 Å². The van der Waals surface area contributed by atoms with Crippen LogP contribution in [0.25, 0.3) is 22.6 Å². The number of rotatable bonds is 7. The first-order chi connectivity index (χ1) is 13.2. The van der Waals surface area contributed by atoms with E-state index in [9.17, 15) is 5.11 Å². The lowest BCUT2D eigenvalue weighted by atomic mass is 10.2. The lowest BCUT2D eigenvalue weighted by Gasteiger charge is -2.15. The zero-order chi connectivity index (χ0) is 18.6. The van der Waals surface area contributed by atoms with Crippen LogP contribution in [0.1, 0.15) is 5.56 Å². The van der Waals surface area contributed by atoms with E-state index < -0.39 is 6.10 Å². The minimum absolute atomic E-state index is 0.203. The third-order valence-corrected chi connectivity index (χ3v) is 5.19. The van der Waals surface area contributed by atoms with Crippen LogP contribution in [0.2, 0.25) is 5.02 Å². The molecule has 7 heteroatoms. The quantitative estimate of drug-likeness (QED) is 0.500. The summed E-state index contributed by atoms with van der Waals surface area (Å²) in [5.74, 6) is 0.752. The van der Waals surface area contributed by atoms with Crippen LogP contribution < -0.4 is 0 Å². The van der Waals surface area contributed by atoms with Crippen LogP contribution >= 0.6 is 22.9 Å². The van der Waals surface area contributed by atoms with E-state index in [-0.39, 0.29) is 6.61 Å². The lowest BCUT2D eigenvalue weighted by molar-refractivity contribution is 0.0211. The third-order valence-electron chi connectivity index (χ3n) is 4.23. The van der Waals surface area contributed by atoms with E-state index in [1.807, 2.05) is 58.5 Å². The van der Waals surface area contributed by atoms with Gasteiger partial charge in [-0.25, -0.2) is 9.97 Å². The Labute approximate surface area is 165 Å². The van der Waals surface area contributed by atoms with Crippen molar-refractivity contribution < 1.29 is 9.84 Å². The van der Waals surface area contributed by atoms with E-state index >= 15 is 0 Å². The van der Waals surface area contributed by atoms with E-state index in [2.05, 4.69) is 9.97 Å². The van der Waals surface area contributed by atoms with Gasteiger partial charge in [0.1, 0.15) is 5.69 Å². The molecule has 138 valence electrons. The molecular weight excluding hydrogens is 382 g/mol. The minimum Gasteiger partial charge on any atom is -0.389 e. The predicted octanol–water partition coefficient (Wildman–Crippen LogP) is 4.39. The number of benzene rings is 2. The standard InChI is InChI=1S/C20H18ClN3O2S/c21-16-6-2-1-5-14(16)10-26-11-15(25)9-24-19-8-4-3-7-17(19)23-20(24)18-12-27-13-22-18/h1-8,12-13,15,25H,9-11H2/t15-/m1/s1. The maximum absolute atomic E-state index is 10.5. The van der Waals surface area contributed by atoms with Gasteiger partial charge >= 0.3 is 0 Å². The first-order valence-electron chi connectivity index (χ1n) is 8.55. The summed E-state index contributed by atoms with van der Waals surface area (Å²) >= 11 is 7.66. The van der Waals surface area contributed by atoms with Gasteiger partial charge in [0.15, 0.2) is 5.82 Å². The number of hydrogen-bond acceptors (Lipinski definition) is 5. The predicted molar refractivity (Wildman–Crippen MR) is 108 cm³/mol. The first kappa shape index (κ1) is 18.1. The number of aromatic nitrogens is 3. The number of fused-ring (bicyclic) bond motifs is 1. The van der Waals surface area contributed by atoms with Crippen molar-refractivity contribution in [3.05, 3.63) is 70.0 Å². The molecule has 5 nitrogen and oxygen atoms in total. The third kappa shape index (κ3) is 4.04. The highest BCUT2D eigenvalue weighted by Crippen LogP contribution is 2.25. The van der Waals surface area contributed by atoms with Gasteiger partial charge in [0.25, 0.3) is 0 Å². The number of aliphatic hydroxyl groups excluding tert-OH is 1. The Morgan fingerprint density at radius 1 is 1.15 bits per heavy atom. The van der Waals surface area contributed by atoms with Crippen molar-refractivity contribution in [2.24, 2.45) is 0 Å². The fourth-order valence-electron chi connectivity index (χ4n) is 2.96. The van der Waals surface area contributed by atoms with E-state index in [4.69, 9.17) is 16.3 Å². The monoisotopic (exact) mass is 399 g/mol. The summed E-state index contributed by atoms with van der Waals surface area (Å²) in [6.07, 6.45) is -0.678. The minimum atomic E-state index is -0.678. The normalized spacial score (nSPS) is 12.5. The molecule has 0 spiro atoms. The fourth-order valence-corrected chi connectivity index (χ4v) is 3.68. The van der Waals surface area contributed by atoms with E-state index in [1.54, 1.807) is 5.51 Å². The number of ether oxygens (including phenoxy) is 1. The molecule has 0 aliphatic carbocycles. The molecule has 1 atom stereocenters. The zero-order valence-electron chi connectivity index (χ0n) is 14.5. The molecule has 0 aliphatic heterocycles. The molecule has 0 saturated heterocycles.